The molecule has 2 unspecified atom stereocenters. The maximum atomic E-state index is 12.1. The second kappa shape index (κ2) is 5.24. The fourth-order valence-electron chi connectivity index (χ4n) is 2.85. The number of ether oxygens (including phenoxy) is 1. The molecule has 0 aromatic carbocycles. The van der Waals surface area contributed by atoms with Gasteiger partial charge in [-0.2, -0.15) is 0 Å². The van der Waals surface area contributed by atoms with Crippen LogP contribution in [0.2, 0.25) is 0 Å². The molecule has 1 amide bonds. The summed E-state index contributed by atoms with van der Waals surface area (Å²) in [5.41, 5.74) is 0. The van der Waals surface area contributed by atoms with Gasteiger partial charge in [0.15, 0.2) is 0 Å². The summed E-state index contributed by atoms with van der Waals surface area (Å²) in [6, 6.07) is 0. The summed E-state index contributed by atoms with van der Waals surface area (Å²) in [6.07, 6.45) is 1.05. The van der Waals surface area contributed by atoms with E-state index in [9.17, 15) is 14.7 Å². The largest absolute Gasteiger partial charge is 0.481 e. The lowest BCUT2D eigenvalue weighted by Crippen LogP contribution is -2.45. The van der Waals surface area contributed by atoms with Crippen LogP contribution < -0.4 is 5.32 Å². The molecular formula is C12H20N2O4. The van der Waals surface area contributed by atoms with E-state index in [0.717, 1.165) is 19.4 Å². The van der Waals surface area contributed by atoms with Crippen LogP contribution >= 0.6 is 0 Å². The van der Waals surface area contributed by atoms with Crippen molar-refractivity contribution in [2.45, 2.75) is 25.0 Å². The van der Waals surface area contributed by atoms with Crippen molar-refractivity contribution in [2.24, 2.45) is 11.8 Å². The average Bonchev–Trinajstić information content (AvgIpc) is 2.87. The highest BCUT2D eigenvalue weighted by Crippen LogP contribution is 2.43. The van der Waals surface area contributed by atoms with Crippen LogP contribution in [0, 0.1) is 11.8 Å². The summed E-state index contributed by atoms with van der Waals surface area (Å²) in [5.74, 6) is -2.31. The summed E-state index contributed by atoms with van der Waals surface area (Å²) in [4.78, 5) is 25.2. The van der Waals surface area contributed by atoms with Gasteiger partial charge in [0.2, 0.25) is 5.91 Å². The SMILES string of the molecule is CN(C)CCNC(=O)C1C(C(=O)O)[C@H]2CC[C@@H]1O2. The highest BCUT2D eigenvalue weighted by Gasteiger charge is 2.55. The third-order valence-corrected chi connectivity index (χ3v) is 3.72. The highest BCUT2D eigenvalue weighted by molar-refractivity contribution is 5.86. The predicted molar refractivity (Wildman–Crippen MR) is 64.1 cm³/mol. The number of likely N-dealkylation sites (N-methyl/N-ethyl adjacent to an activating group) is 1. The van der Waals surface area contributed by atoms with Gasteiger partial charge in [0.05, 0.1) is 24.0 Å². The fourth-order valence-corrected chi connectivity index (χ4v) is 2.85. The van der Waals surface area contributed by atoms with Gasteiger partial charge in [0.1, 0.15) is 0 Å². The zero-order valence-corrected chi connectivity index (χ0v) is 10.8. The zero-order valence-electron chi connectivity index (χ0n) is 10.8. The first-order valence-electron chi connectivity index (χ1n) is 6.31. The molecule has 6 heteroatoms. The Kier molecular flexibility index (Phi) is 3.87. The number of aliphatic carboxylic acids is 1. The maximum Gasteiger partial charge on any atom is 0.310 e. The van der Waals surface area contributed by atoms with Gasteiger partial charge in [-0.3, -0.25) is 9.59 Å². The Labute approximate surface area is 106 Å². The molecule has 0 aromatic rings. The van der Waals surface area contributed by atoms with E-state index in [2.05, 4.69) is 5.32 Å². The summed E-state index contributed by atoms with van der Waals surface area (Å²) >= 11 is 0. The molecule has 18 heavy (non-hydrogen) atoms. The Bertz CT molecular complexity index is 345. The molecule has 2 fully saturated rings. The van der Waals surface area contributed by atoms with Crippen LogP contribution in [0.1, 0.15) is 12.8 Å². The van der Waals surface area contributed by atoms with Gasteiger partial charge in [0.25, 0.3) is 0 Å². The van der Waals surface area contributed by atoms with Gasteiger partial charge in [0, 0.05) is 13.1 Å². The number of rotatable bonds is 5. The van der Waals surface area contributed by atoms with E-state index in [0.29, 0.717) is 6.54 Å². The Morgan fingerprint density at radius 3 is 2.44 bits per heavy atom. The Morgan fingerprint density at radius 2 is 1.89 bits per heavy atom. The Hall–Kier alpha value is -1.14. The van der Waals surface area contributed by atoms with Crippen molar-refractivity contribution in [3.05, 3.63) is 0 Å². The molecular weight excluding hydrogens is 236 g/mol. The summed E-state index contributed by atoms with van der Waals surface area (Å²) in [6.45, 7) is 1.28. The van der Waals surface area contributed by atoms with Crippen LogP contribution in [0.25, 0.3) is 0 Å². The predicted octanol–water partition coefficient (Wildman–Crippen LogP) is -0.458. The number of carboxylic acids is 1. The van der Waals surface area contributed by atoms with Crippen LogP contribution in [0.5, 0.6) is 0 Å². The van der Waals surface area contributed by atoms with Crippen LogP contribution in [0.3, 0.4) is 0 Å². The van der Waals surface area contributed by atoms with E-state index in [1.54, 1.807) is 0 Å². The molecule has 2 aliphatic heterocycles. The smallest absolute Gasteiger partial charge is 0.310 e. The zero-order chi connectivity index (χ0) is 13.3. The number of carbonyl (C=O) groups is 2. The number of nitrogens with one attached hydrogen (secondary N) is 1. The number of nitrogens with zero attached hydrogens (tertiary/aromatic N) is 1. The van der Waals surface area contributed by atoms with Crippen molar-refractivity contribution < 1.29 is 19.4 Å². The summed E-state index contributed by atoms with van der Waals surface area (Å²) in [7, 11) is 3.85. The lowest BCUT2D eigenvalue weighted by Gasteiger charge is -2.24. The van der Waals surface area contributed by atoms with Crippen molar-refractivity contribution in [1.82, 2.24) is 10.2 Å². The quantitative estimate of drug-likeness (QED) is 0.696. The number of carboxylic acid groups (broad SMARTS) is 1. The third kappa shape index (κ3) is 2.49. The van der Waals surface area contributed by atoms with E-state index in [-0.39, 0.29) is 18.1 Å². The number of carbonyl (C=O) groups excluding carboxylic acids is 1. The molecule has 2 rings (SSSR count). The molecule has 2 N–H and O–H groups in total. The van der Waals surface area contributed by atoms with E-state index in [1.165, 1.54) is 0 Å². The van der Waals surface area contributed by atoms with Gasteiger partial charge in [-0.05, 0) is 26.9 Å². The van der Waals surface area contributed by atoms with Gasteiger partial charge in [-0.25, -0.2) is 0 Å². The van der Waals surface area contributed by atoms with Gasteiger partial charge < -0.3 is 20.1 Å². The van der Waals surface area contributed by atoms with Crippen molar-refractivity contribution in [2.75, 3.05) is 27.2 Å². The first-order chi connectivity index (χ1) is 8.50. The van der Waals surface area contributed by atoms with E-state index >= 15 is 0 Å². The normalized spacial score (nSPS) is 33.9. The lowest BCUT2D eigenvalue weighted by atomic mass is 9.79. The molecule has 0 aromatic heterocycles. The van der Waals surface area contributed by atoms with Crippen LogP contribution in [-0.2, 0) is 14.3 Å². The van der Waals surface area contributed by atoms with Crippen molar-refractivity contribution in [3.63, 3.8) is 0 Å². The first-order valence-corrected chi connectivity index (χ1v) is 6.31. The molecule has 6 nitrogen and oxygen atoms in total. The molecule has 0 saturated carbocycles. The second-order valence-corrected chi connectivity index (χ2v) is 5.27. The van der Waals surface area contributed by atoms with Gasteiger partial charge >= 0.3 is 5.97 Å². The van der Waals surface area contributed by atoms with Crippen LogP contribution in [-0.4, -0.2) is 61.3 Å². The standard InChI is InChI=1S/C12H20N2O4/c1-14(2)6-5-13-11(15)9-7-3-4-8(18-7)10(9)12(16)17/h7-10H,3-6H2,1-2H3,(H,13,15)(H,16,17)/t7-,8+,9?,10?/m0/s1. The molecule has 2 heterocycles. The first kappa shape index (κ1) is 13.3. The molecule has 2 bridgehead atoms. The van der Waals surface area contributed by atoms with E-state index < -0.39 is 17.8 Å². The topological polar surface area (TPSA) is 78.9 Å². The Morgan fingerprint density at radius 1 is 1.28 bits per heavy atom. The average molecular weight is 256 g/mol. The monoisotopic (exact) mass is 256 g/mol. The lowest BCUT2D eigenvalue weighted by molar-refractivity contribution is -0.147. The number of hydrogen-bond acceptors (Lipinski definition) is 4. The molecule has 2 aliphatic rings. The molecule has 0 spiro atoms. The number of hydrogen-bond donors (Lipinski definition) is 2. The fraction of sp³-hybridized carbons (Fsp3) is 0.833. The maximum absolute atomic E-state index is 12.1. The highest BCUT2D eigenvalue weighted by atomic mass is 16.5. The van der Waals surface area contributed by atoms with Crippen molar-refractivity contribution in [1.29, 1.82) is 0 Å². The molecule has 102 valence electrons. The summed E-state index contributed by atoms with van der Waals surface area (Å²) < 4.78 is 5.56. The second-order valence-electron chi connectivity index (χ2n) is 5.27. The minimum absolute atomic E-state index is 0.184. The van der Waals surface area contributed by atoms with Gasteiger partial charge in [-0.1, -0.05) is 0 Å². The van der Waals surface area contributed by atoms with Crippen LogP contribution in [0.4, 0.5) is 0 Å². The molecule has 0 aliphatic carbocycles. The minimum atomic E-state index is -0.921. The number of amides is 1. The van der Waals surface area contributed by atoms with Crippen molar-refractivity contribution in [3.8, 4) is 0 Å². The number of fused-ring (bicyclic) bond motifs is 2. The van der Waals surface area contributed by atoms with E-state index in [4.69, 9.17) is 4.74 Å². The summed E-state index contributed by atoms with van der Waals surface area (Å²) in [5, 5.41) is 12.0. The molecule has 2 saturated heterocycles. The van der Waals surface area contributed by atoms with Gasteiger partial charge in [-0.15, -0.1) is 0 Å². The Balaban J connectivity index is 1.94. The molecule has 4 atom stereocenters. The van der Waals surface area contributed by atoms with Crippen molar-refractivity contribution >= 4 is 11.9 Å². The third-order valence-electron chi connectivity index (χ3n) is 3.72. The minimum Gasteiger partial charge on any atom is -0.481 e. The molecule has 0 radical (unpaired) electrons. The van der Waals surface area contributed by atoms with Crippen LogP contribution in [0.15, 0.2) is 0 Å². The van der Waals surface area contributed by atoms with E-state index in [1.807, 2.05) is 19.0 Å².